The molecule has 8 aromatic rings. The molecule has 0 bridgehead atoms. The lowest BCUT2D eigenvalue weighted by molar-refractivity contribution is -0.892. The number of carbonyl (C=O) groups is 4. The van der Waals surface area contributed by atoms with Crippen molar-refractivity contribution in [3.8, 4) is 22.5 Å². The highest BCUT2D eigenvalue weighted by molar-refractivity contribution is 7.79. The second-order valence-corrected chi connectivity index (χ2v) is 26.8. The van der Waals surface area contributed by atoms with Gasteiger partial charge in [-0.15, -0.1) is 0 Å². The molecule has 0 radical (unpaired) electrons. The van der Waals surface area contributed by atoms with Crippen molar-refractivity contribution in [2.75, 3.05) is 71.3 Å². The number of fused-ring (bicyclic) bond motifs is 6. The van der Waals surface area contributed by atoms with Gasteiger partial charge in [0.25, 0.3) is 0 Å². The molecule has 0 atom stereocenters. The molecule has 17 heteroatoms. The number of carboxylic acid groups (broad SMARTS) is 1. The first-order chi connectivity index (χ1) is 43.1. The van der Waals surface area contributed by atoms with Crippen LogP contribution in [0, 0.1) is 13.8 Å². The zero-order chi connectivity index (χ0) is 66.5. The Balaban J connectivity index is 0.000000278. The number of carbonyl (C=O) groups excluding carboxylic acids is 3. The highest BCUT2D eigenvalue weighted by Gasteiger charge is 2.29. The van der Waals surface area contributed by atoms with Crippen molar-refractivity contribution in [3.05, 3.63) is 145 Å². The quantitative estimate of drug-likeness (QED) is 0.00623. The second-order valence-electron chi connectivity index (χ2n) is 26.6. The van der Waals surface area contributed by atoms with Gasteiger partial charge in [0.2, 0.25) is 22.4 Å². The molecule has 0 spiro atoms. The molecule has 0 fully saturated rings. The van der Waals surface area contributed by atoms with Crippen LogP contribution < -0.4 is 24.7 Å². The van der Waals surface area contributed by atoms with Crippen LogP contribution in [-0.4, -0.2) is 111 Å². The lowest BCUT2D eigenvalue weighted by Crippen LogP contribution is -2.44. The van der Waals surface area contributed by atoms with E-state index in [-0.39, 0.29) is 12.4 Å². The van der Waals surface area contributed by atoms with E-state index in [1.54, 1.807) is 6.26 Å². The van der Waals surface area contributed by atoms with Crippen LogP contribution >= 0.6 is 25.3 Å². The fraction of sp³-hybridized carbons (Fsp3) is 0.425. The maximum absolute atomic E-state index is 12.7. The highest BCUT2D eigenvalue weighted by atomic mass is 32.1. The van der Waals surface area contributed by atoms with Gasteiger partial charge in [-0.1, -0.05) is 89.5 Å². The lowest BCUT2D eigenvalue weighted by Gasteiger charge is -2.29. The van der Waals surface area contributed by atoms with E-state index in [1.165, 1.54) is 44.1 Å². The summed E-state index contributed by atoms with van der Waals surface area (Å²) in [5.41, 5.74) is 9.39. The van der Waals surface area contributed by atoms with E-state index in [2.05, 4.69) is 194 Å². The minimum absolute atomic E-state index is 0.242. The summed E-state index contributed by atoms with van der Waals surface area (Å²) in [7, 11) is 9.05. The zero-order valence-electron chi connectivity index (χ0n) is 56.5. The van der Waals surface area contributed by atoms with E-state index in [1.807, 2.05) is 65.8 Å². The molecule has 15 nitrogen and oxygen atoms in total. The number of carboxylic acids is 1. The van der Waals surface area contributed by atoms with Gasteiger partial charge in [-0.05, 0) is 161 Å². The molecule has 0 aliphatic heterocycles. The number of anilines is 2. The predicted octanol–water partition coefficient (Wildman–Crippen LogP) is 15.8. The monoisotopic (exact) mass is 1270 g/mol. The third-order valence-corrected chi connectivity index (χ3v) is 15.8. The van der Waals surface area contributed by atoms with Gasteiger partial charge in [-0.2, -0.15) is 21.7 Å². The number of rotatable bonds is 25. The molecular weight excluding hydrogens is 1170 g/mol. The minimum atomic E-state index is -0.720. The van der Waals surface area contributed by atoms with Crippen molar-refractivity contribution in [1.29, 1.82) is 1.12 Å². The molecule has 2 amide bonds. The molecule has 0 saturated heterocycles. The molecule has 482 valence electrons. The van der Waals surface area contributed by atoms with Gasteiger partial charge in [-0.3, -0.25) is 20.2 Å². The third-order valence-electron chi connectivity index (χ3n) is 15.7. The number of quaternary nitrogens is 2. The molecule has 0 aliphatic carbocycles. The van der Waals surface area contributed by atoms with Gasteiger partial charge >= 0.3 is 24.1 Å². The molecule has 6 aromatic carbocycles. The average molecular weight is 1270 g/mol. The summed E-state index contributed by atoms with van der Waals surface area (Å²) < 4.78 is 23.8. The lowest BCUT2D eigenvalue weighted by atomic mass is 9.97. The predicted molar refractivity (Wildman–Crippen MR) is 374 cm³/mol. The van der Waals surface area contributed by atoms with Crippen molar-refractivity contribution in [1.82, 2.24) is 4.89 Å². The second kappa shape index (κ2) is 33.2. The van der Waals surface area contributed by atoms with Gasteiger partial charge in [-0.25, -0.2) is 9.59 Å². The molecular formula is C73H99N7O8S2+4. The number of amides is 2. The van der Waals surface area contributed by atoms with Crippen LogP contribution in [0.1, 0.15) is 117 Å². The molecule has 0 saturated carbocycles. The third kappa shape index (κ3) is 21.7. The number of benzene rings is 6. The Morgan fingerprint density at radius 2 is 0.889 bits per heavy atom. The van der Waals surface area contributed by atoms with Crippen LogP contribution in [0.2, 0.25) is 0 Å². The van der Waals surface area contributed by atoms with Crippen LogP contribution in [0.4, 0.5) is 21.0 Å². The summed E-state index contributed by atoms with van der Waals surface area (Å²) >= 11 is 4.70. The van der Waals surface area contributed by atoms with Gasteiger partial charge in [0.05, 0.1) is 100 Å². The number of nitrogens with zero attached hydrogens (tertiary/aromatic N) is 4. The minimum Gasteiger partial charge on any atom is -0.481 e. The maximum atomic E-state index is 12.7. The summed E-state index contributed by atoms with van der Waals surface area (Å²) in [6.45, 7) is 21.1. The number of hydrogen-bond donors (Lipinski definition) is 6. The standard InChI is InChI=1S/C36H47N4O4S.C36H45N3O4.CH4S/c1-26-17-19-29-30-20-18-28(37-35(42)43-36(2,3)4)25-32(30)39(34(31(29)24-26)27-14-9-7-10-15-27)21-13-23-40(5,6)22-12-8-11-16-33(41)44-38-45;1-26-17-19-29-30-20-18-28(37-35(42)43-36(2,3)4)25-32(30)38(34(31(29)24-26)27-14-9-7-10-15-27)21-13-23-39(5,6)22-12-8-11-16-33(40)41;1-2/h7,9-10,14-15,17-20,24-25,38,45H,8,11-13,16,21-23H2,1-6H3;7,9-10,14-15,17-20,24-25H,8,11-13,16,21-23H2,1-6H3;2H,1H3/q+1;;/p+3/i/hD. The van der Waals surface area contributed by atoms with Crippen molar-refractivity contribution >= 4 is 104 Å². The van der Waals surface area contributed by atoms with E-state index in [9.17, 15) is 19.2 Å². The van der Waals surface area contributed by atoms with Gasteiger partial charge in [0, 0.05) is 46.9 Å². The molecule has 0 aliphatic rings. The Labute approximate surface area is 546 Å². The Kier molecular flexibility index (Phi) is 25.9. The normalized spacial score (nSPS) is 12.0. The number of nitrogens with one attached hydrogen (secondary N) is 3. The fourth-order valence-corrected chi connectivity index (χ4v) is 11.7. The zero-order valence-corrected chi connectivity index (χ0v) is 57.2. The Morgan fingerprint density at radius 1 is 0.511 bits per heavy atom. The van der Waals surface area contributed by atoms with Crippen LogP contribution in [0.3, 0.4) is 0 Å². The first-order valence-electron chi connectivity index (χ1n) is 31.9. The van der Waals surface area contributed by atoms with Crippen molar-refractivity contribution in [2.45, 2.75) is 144 Å². The number of thiol groups is 2. The maximum Gasteiger partial charge on any atom is 0.412 e. The van der Waals surface area contributed by atoms with Crippen LogP contribution in [-0.2, 0) is 37.0 Å². The summed E-state index contributed by atoms with van der Waals surface area (Å²) in [5.74, 6) is -1.01. The Morgan fingerprint density at radius 3 is 1.27 bits per heavy atom. The Bertz CT molecular complexity index is 3740. The van der Waals surface area contributed by atoms with Crippen molar-refractivity contribution < 1.29 is 56.7 Å². The number of hydrogen-bond acceptors (Lipinski definition) is 10. The van der Waals surface area contributed by atoms with Gasteiger partial charge in [0.1, 0.15) is 12.3 Å². The van der Waals surface area contributed by atoms with Crippen molar-refractivity contribution in [2.24, 2.45) is 0 Å². The number of unbranched alkanes of at least 4 members (excludes halogenated alkanes) is 4. The molecule has 8 rings (SSSR count). The van der Waals surface area contributed by atoms with Gasteiger partial charge < -0.3 is 28.4 Å². The summed E-state index contributed by atoms with van der Waals surface area (Å²) in [6, 6.07) is 46.6. The summed E-state index contributed by atoms with van der Waals surface area (Å²) in [4.78, 5) is 54.6. The molecule has 4 N–H and O–H groups in total. The van der Waals surface area contributed by atoms with Crippen LogP contribution in [0.15, 0.2) is 133 Å². The number of aliphatic carboxylic acids is 1. The first-order valence-corrected chi connectivity index (χ1v) is 32.7. The summed E-state index contributed by atoms with van der Waals surface area (Å²) in [6.07, 6.45) is 8.81. The van der Waals surface area contributed by atoms with E-state index < -0.39 is 29.4 Å². The SMILES string of the molecule is Cc1ccc2c(c1)c(-c1ccccc1)[n+](CCC[N+](C)(C)CCCCCC(=O)O)c1cc(NC(=O)OC(C)(C)C)ccc21.Cc1ccc2c(c1)c(-c1ccccc1)[n+](CCC[N+](C)(C)CCCCCC(=O)ONS)c1cc(NC(=O)OC(C)(C)C)ccc21.[2H]SC. The molecule has 2 heterocycles. The molecule has 90 heavy (non-hydrogen) atoms. The average Bonchev–Trinajstić information content (AvgIpc) is 0.753. The molecule has 2 aromatic heterocycles. The number of aryl methyl sites for hydroxylation is 4. The Hall–Kier alpha value is -7.28. The number of aromatic nitrogens is 2. The first kappa shape index (κ1) is 70.2. The van der Waals surface area contributed by atoms with Gasteiger partial charge in [0.15, 0.2) is 13.1 Å². The van der Waals surface area contributed by atoms with Crippen LogP contribution in [0.25, 0.3) is 65.9 Å². The van der Waals surface area contributed by atoms with Crippen LogP contribution in [0.5, 0.6) is 0 Å². The highest BCUT2D eigenvalue weighted by Crippen LogP contribution is 2.36. The van der Waals surface area contributed by atoms with E-state index in [0.717, 1.165) is 145 Å². The number of ether oxygens (including phenoxy) is 2. The molecule has 0 unspecified atom stereocenters. The smallest absolute Gasteiger partial charge is 0.412 e. The van der Waals surface area contributed by atoms with E-state index in [4.69, 9.17) is 15.7 Å². The van der Waals surface area contributed by atoms with Crippen molar-refractivity contribution in [3.63, 3.8) is 0 Å². The summed E-state index contributed by atoms with van der Waals surface area (Å²) in [5, 5.41) is 21.9. The largest absolute Gasteiger partial charge is 0.481 e. The number of pyridine rings is 2. The topological polar surface area (TPSA) is 160 Å². The van der Waals surface area contributed by atoms with E-state index >= 15 is 0 Å². The fourth-order valence-electron chi connectivity index (χ4n) is 11.6. The van der Waals surface area contributed by atoms with E-state index in [0.29, 0.717) is 17.8 Å².